The summed E-state index contributed by atoms with van der Waals surface area (Å²) >= 11 is 0. The summed E-state index contributed by atoms with van der Waals surface area (Å²) in [6, 6.07) is 9.99. The number of H-pyrrole nitrogens is 1. The molecule has 34 heavy (non-hydrogen) atoms. The van der Waals surface area contributed by atoms with Crippen LogP contribution >= 0.6 is 0 Å². The zero-order chi connectivity index (χ0) is 25.1. The number of aliphatic hydroxyl groups is 1. The van der Waals surface area contributed by atoms with Crippen LogP contribution in [0.15, 0.2) is 41.3 Å². The fraction of sp³-hybridized carbons (Fsp3) is 0.440. The molecule has 1 aromatic heterocycles. The van der Waals surface area contributed by atoms with Crippen LogP contribution < -0.4 is 4.74 Å². The summed E-state index contributed by atoms with van der Waals surface area (Å²) in [4.78, 5) is 3.03. The molecule has 1 unspecified atom stereocenters. The Labute approximate surface area is 196 Å². The van der Waals surface area contributed by atoms with E-state index in [9.17, 15) is 26.7 Å². The van der Waals surface area contributed by atoms with Crippen molar-refractivity contribution in [3.05, 3.63) is 58.8 Å². The molecule has 2 heterocycles. The van der Waals surface area contributed by atoms with Gasteiger partial charge in [0.1, 0.15) is 5.75 Å². The van der Waals surface area contributed by atoms with Crippen LogP contribution in [-0.2, 0) is 28.1 Å². The molecule has 0 spiro atoms. The lowest BCUT2D eigenvalue weighted by Crippen LogP contribution is -2.51. The van der Waals surface area contributed by atoms with Gasteiger partial charge >= 0.3 is 6.18 Å². The van der Waals surface area contributed by atoms with Crippen molar-refractivity contribution in [2.45, 2.75) is 62.1 Å². The molecule has 184 valence electrons. The number of ether oxygens (including phenoxy) is 1. The number of sulfone groups is 1. The highest BCUT2D eigenvalue weighted by molar-refractivity contribution is 7.90. The van der Waals surface area contributed by atoms with Crippen LogP contribution in [-0.4, -0.2) is 43.1 Å². The van der Waals surface area contributed by atoms with E-state index in [0.29, 0.717) is 35.4 Å². The zero-order valence-electron chi connectivity index (χ0n) is 19.5. The van der Waals surface area contributed by atoms with Gasteiger partial charge in [-0.15, -0.1) is 0 Å². The highest BCUT2D eigenvalue weighted by Crippen LogP contribution is 2.47. The maximum atomic E-state index is 14.3. The lowest BCUT2D eigenvalue weighted by molar-refractivity contribution is -0.266. The molecule has 0 fully saturated rings. The van der Waals surface area contributed by atoms with E-state index in [1.165, 1.54) is 12.1 Å². The van der Waals surface area contributed by atoms with Crippen molar-refractivity contribution in [3.63, 3.8) is 0 Å². The van der Waals surface area contributed by atoms with E-state index in [4.69, 9.17) is 4.74 Å². The van der Waals surface area contributed by atoms with Crippen LogP contribution in [0.2, 0.25) is 0 Å². The number of hydrogen-bond acceptors (Lipinski definition) is 4. The highest BCUT2D eigenvalue weighted by atomic mass is 32.2. The summed E-state index contributed by atoms with van der Waals surface area (Å²) in [5.41, 5.74) is -1.43. The van der Waals surface area contributed by atoms with E-state index < -0.39 is 39.9 Å². The largest absolute Gasteiger partial charge is 0.493 e. The quantitative estimate of drug-likeness (QED) is 0.503. The molecule has 4 rings (SSSR count). The standard InChI is InChI=1S/C25H28F3NO4S/c1-15-6-5-7-21-19(15)11-17(29-21)13-24(30,25(26,27)28)14-23(2,3)20-12-18(34(4,31)32)10-16-8-9-33-22(16)20/h5-7,10-12,29-30H,8-9,13-14H2,1-4H3. The average Bonchev–Trinajstić information content (AvgIpc) is 3.32. The third kappa shape index (κ3) is 4.43. The Morgan fingerprint density at radius 3 is 2.47 bits per heavy atom. The summed E-state index contributed by atoms with van der Waals surface area (Å²) in [5, 5.41) is 11.9. The molecule has 0 amide bonds. The van der Waals surface area contributed by atoms with Gasteiger partial charge < -0.3 is 14.8 Å². The average molecular weight is 496 g/mol. The van der Waals surface area contributed by atoms with Gasteiger partial charge in [0.2, 0.25) is 0 Å². The van der Waals surface area contributed by atoms with Gasteiger partial charge in [-0.1, -0.05) is 26.0 Å². The smallest absolute Gasteiger partial charge is 0.417 e. The maximum Gasteiger partial charge on any atom is 0.417 e. The lowest BCUT2D eigenvalue weighted by Gasteiger charge is -2.38. The van der Waals surface area contributed by atoms with Gasteiger partial charge in [-0.2, -0.15) is 13.2 Å². The highest BCUT2D eigenvalue weighted by Gasteiger charge is 2.56. The van der Waals surface area contributed by atoms with E-state index in [-0.39, 0.29) is 10.6 Å². The second kappa shape index (κ2) is 8.02. The molecule has 1 atom stereocenters. The Bertz CT molecular complexity index is 1360. The van der Waals surface area contributed by atoms with E-state index in [1.807, 2.05) is 19.1 Å². The molecule has 2 aromatic carbocycles. The van der Waals surface area contributed by atoms with Crippen molar-refractivity contribution in [1.29, 1.82) is 0 Å². The molecule has 0 saturated heterocycles. The third-order valence-electron chi connectivity index (χ3n) is 6.60. The molecule has 5 nitrogen and oxygen atoms in total. The molecular weight excluding hydrogens is 467 g/mol. The summed E-state index contributed by atoms with van der Waals surface area (Å²) < 4.78 is 73.1. The minimum Gasteiger partial charge on any atom is -0.493 e. The maximum absolute atomic E-state index is 14.3. The molecule has 0 bridgehead atoms. The van der Waals surface area contributed by atoms with Gasteiger partial charge in [-0.05, 0) is 54.2 Å². The predicted octanol–water partition coefficient (Wildman–Crippen LogP) is 5.02. The second-order valence-corrected chi connectivity index (χ2v) is 11.9. The van der Waals surface area contributed by atoms with Crippen LogP contribution in [0.3, 0.4) is 0 Å². The molecule has 1 aliphatic heterocycles. The SMILES string of the molecule is Cc1cccc2[nH]c(CC(O)(CC(C)(C)c3cc(S(C)(=O)=O)cc4c3OCC4)C(F)(F)F)cc12. The first-order valence-electron chi connectivity index (χ1n) is 11.0. The van der Waals surface area contributed by atoms with Crippen LogP contribution in [0.25, 0.3) is 10.9 Å². The van der Waals surface area contributed by atoms with Crippen LogP contribution in [0.1, 0.15) is 42.7 Å². The number of rotatable bonds is 6. The Morgan fingerprint density at radius 2 is 1.85 bits per heavy atom. The minimum atomic E-state index is -4.92. The van der Waals surface area contributed by atoms with Gasteiger partial charge in [0.15, 0.2) is 15.4 Å². The van der Waals surface area contributed by atoms with E-state index in [2.05, 4.69) is 4.98 Å². The molecule has 0 saturated carbocycles. The van der Waals surface area contributed by atoms with Gasteiger partial charge in [-0.3, -0.25) is 0 Å². The predicted molar refractivity (Wildman–Crippen MR) is 124 cm³/mol. The summed E-state index contributed by atoms with van der Waals surface area (Å²) in [5.74, 6) is 0.406. The van der Waals surface area contributed by atoms with Crippen LogP contribution in [0.5, 0.6) is 5.75 Å². The monoisotopic (exact) mass is 495 g/mol. The van der Waals surface area contributed by atoms with Crippen molar-refractivity contribution in [2.24, 2.45) is 0 Å². The van der Waals surface area contributed by atoms with Gasteiger partial charge in [-0.25, -0.2) is 8.42 Å². The number of nitrogens with one attached hydrogen (secondary N) is 1. The first-order valence-corrected chi connectivity index (χ1v) is 12.9. The fourth-order valence-corrected chi connectivity index (χ4v) is 5.55. The molecular formula is C25H28F3NO4S. The summed E-state index contributed by atoms with van der Waals surface area (Å²) in [7, 11) is -3.59. The van der Waals surface area contributed by atoms with E-state index in [1.54, 1.807) is 26.0 Å². The van der Waals surface area contributed by atoms with Gasteiger partial charge in [0, 0.05) is 41.3 Å². The molecule has 1 aliphatic rings. The van der Waals surface area contributed by atoms with Crippen molar-refractivity contribution in [3.8, 4) is 5.75 Å². The topological polar surface area (TPSA) is 79.4 Å². The molecule has 3 aromatic rings. The lowest BCUT2D eigenvalue weighted by atomic mass is 9.73. The molecule has 9 heteroatoms. The van der Waals surface area contributed by atoms with Crippen LogP contribution in [0.4, 0.5) is 13.2 Å². The second-order valence-electron chi connectivity index (χ2n) is 9.93. The van der Waals surface area contributed by atoms with Crippen LogP contribution in [0, 0.1) is 6.92 Å². The normalized spacial score (nSPS) is 16.4. The molecule has 2 N–H and O–H groups in total. The number of hydrogen-bond donors (Lipinski definition) is 2. The summed E-state index contributed by atoms with van der Waals surface area (Å²) in [6.07, 6.45) is -4.73. The number of aromatic nitrogens is 1. The minimum absolute atomic E-state index is 0.0291. The van der Waals surface area contributed by atoms with E-state index >= 15 is 0 Å². The number of benzene rings is 2. The Balaban J connectivity index is 1.76. The Kier molecular flexibility index (Phi) is 5.80. The Morgan fingerprint density at radius 1 is 1.15 bits per heavy atom. The number of fused-ring (bicyclic) bond motifs is 2. The van der Waals surface area contributed by atoms with Crippen molar-refractivity contribution in [2.75, 3.05) is 12.9 Å². The number of halogens is 3. The van der Waals surface area contributed by atoms with Crippen molar-refractivity contribution < 1.29 is 31.4 Å². The summed E-state index contributed by atoms with van der Waals surface area (Å²) in [6.45, 7) is 5.34. The van der Waals surface area contributed by atoms with E-state index in [0.717, 1.165) is 17.2 Å². The number of aromatic amines is 1. The number of alkyl halides is 3. The third-order valence-corrected chi connectivity index (χ3v) is 7.69. The zero-order valence-corrected chi connectivity index (χ0v) is 20.3. The number of aryl methyl sites for hydroxylation is 1. The van der Waals surface area contributed by atoms with Gasteiger partial charge in [0.25, 0.3) is 0 Å². The molecule has 0 radical (unpaired) electrons. The Hall–Kier alpha value is -2.52. The first-order chi connectivity index (χ1) is 15.6. The van der Waals surface area contributed by atoms with Gasteiger partial charge in [0.05, 0.1) is 11.5 Å². The van der Waals surface area contributed by atoms with Crippen molar-refractivity contribution in [1.82, 2.24) is 4.98 Å². The van der Waals surface area contributed by atoms with Crippen molar-refractivity contribution >= 4 is 20.7 Å². The first kappa shape index (κ1) is 24.6. The fourth-order valence-electron chi connectivity index (χ4n) is 4.86. The molecule has 0 aliphatic carbocycles.